The van der Waals surface area contributed by atoms with E-state index in [9.17, 15) is 0 Å². The van der Waals surface area contributed by atoms with E-state index in [2.05, 4.69) is 18.8 Å². The van der Waals surface area contributed by atoms with Crippen molar-refractivity contribution in [2.75, 3.05) is 6.54 Å². The predicted octanol–water partition coefficient (Wildman–Crippen LogP) is 2.28. The summed E-state index contributed by atoms with van der Waals surface area (Å²) in [5.74, 6) is 0. The number of rotatable bonds is 2. The number of pyridine rings is 1. The van der Waals surface area contributed by atoms with Crippen molar-refractivity contribution in [2.45, 2.75) is 26.2 Å². The lowest BCUT2D eigenvalue weighted by molar-refractivity contribution is 0.536. The Balaban J connectivity index is 3.10. The number of halogens is 1. The number of hydrogen-bond donors (Lipinski definition) is 1. The third-order valence-corrected chi connectivity index (χ3v) is 2.70. The number of aryl methyl sites for hydroxylation is 1. The predicted molar refractivity (Wildman–Crippen MR) is 56.1 cm³/mol. The first kappa shape index (κ1) is 10.5. The summed E-state index contributed by atoms with van der Waals surface area (Å²) < 4.78 is 0. The molecular weight excluding hydrogens is 184 g/mol. The zero-order valence-electron chi connectivity index (χ0n) is 8.26. The Bertz CT molecular complexity index is 308. The van der Waals surface area contributed by atoms with Gasteiger partial charge in [0.25, 0.3) is 0 Å². The zero-order valence-corrected chi connectivity index (χ0v) is 9.02. The number of nitrogens with zero attached hydrogens (tertiary/aromatic N) is 1. The molecule has 1 heterocycles. The van der Waals surface area contributed by atoms with E-state index >= 15 is 0 Å². The minimum absolute atomic E-state index is 0.0254. The second kappa shape index (κ2) is 3.64. The zero-order chi connectivity index (χ0) is 10.1. The molecule has 0 atom stereocenters. The summed E-state index contributed by atoms with van der Waals surface area (Å²) in [4.78, 5) is 4.10. The molecule has 72 valence electrons. The van der Waals surface area contributed by atoms with Crippen molar-refractivity contribution in [1.29, 1.82) is 0 Å². The Hall–Kier alpha value is -0.600. The molecule has 0 aromatic carbocycles. The molecule has 0 bridgehead atoms. The molecule has 0 saturated carbocycles. The first-order valence-electron chi connectivity index (χ1n) is 4.30. The Morgan fingerprint density at radius 1 is 1.54 bits per heavy atom. The van der Waals surface area contributed by atoms with Gasteiger partial charge < -0.3 is 5.73 Å². The summed E-state index contributed by atoms with van der Waals surface area (Å²) in [6.45, 7) is 6.75. The number of hydrogen-bond acceptors (Lipinski definition) is 2. The summed E-state index contributed by atoms with van der Waals surface area (Å²) in [6, 6.07) is 2.04. The van der Waals surface area contributed by atoms with Gasteiger partial charge in [0.15, 0.2) is 0 Å². The van der Waals surface area contributed by atoms with Gasteiger partial charge in [0, 0.05) is 18.2 Å². The molecule has 1 rings (SSSR count). The normalized spacial score (nSPS) is 11.8. The second-order valence-corrected chi connectivity index (χ2v) is 4.28. The summed E-state index contributed by atoms with van der Waals surface area (Å²) in [5, 5.41) is 0.566. The number of aromatic nitrogens is 1. The van der Waals surface area contributed by atoms with Crippen LogP contribution in [0.3, 0.4) is 0 Å². The average molecular weight is 199 g/mol. The van der Waals surface area contributed by atoms with Gasteiger partial charge >= 0.3 is 0 Å². The van der Waals surface area contributed by atoms with Gasteiger partial charge in [0.05, 0.1) is 0 Å². The number of nitrogens with two attached hydrogens (primary N) is 1. The fourth-order valence-electron chi connectivity index (χ4n) is 1.05. The van der Waals surface area contributed by atoms with Crippen molar-refractivity contribution in [3.63, 3.8) is 0 Å². The molecule has 2 N–H and O–H groups in total. The Morgan fingerprint density at radius 2 is 2.15 bits per heavy atom. The molecule has 0 unspecified atom stereocenters. The van der Waals surface area contributed by atoms with E-state index in [-0.39, 0.29) is 5.41 Å². The maximum absolute atomic E-state index is 5.83. The highest BCUT2D eigenvalue weighted by molar-refractivity contribution is 6.30. The van der Waals surface area contributed by atoms with E-state index in [4.69, 9.17) is 17.3 Å². The largest absolute Gasteiger partial charge is 0.330 e. The highest BCUT2D eigenvalue weighted by atomic mass is 35.5. The van der Waals surface area contributed by atoms with Crippen molar-refractivity contribution in [1.82, 2.24) is 4.98 Å². The lowest BCUT2D eigenvalue weighted by Gasteiger charge is -2.22. The molecule has 0 saturated heterocycles. The maximum atomic E-state index is 5.83. The van der Waals surface area contributed by atoms with E-state index < -0.39 is 0 Å². The molecule has 0 radical (unpaired) electrons. The minimum atomic E-state index is -0.0254. The van der Waals surface area contributed by atoms with E-state index in [0.29, 0.717) is 11.7 Å². The standard InChI is InChI=1S/C10H15ClN2/c1-7-4-8(5-13-9(7)11)10(2,3)6-12/h4-5H,6,12H2,1-3H3. The van der Waals surface area contributed by atoms with Gasteiger partial charge in [-0.2, -0.15) is 0 Å². The van der Waals surface area contributed by atoms with Crippen LogP contribution in [0.4, 0.5) is 0 Å². The summed E-state index contributed by atoms with van der Waals surface area (Å²) in [7, 11) is 0. The topological polar surface area (TPSA) is 38.9 Å². The molecule has 0 aliphatic heterocycles. The van der Waals surface area contributed by atoms with E-state index in [1.54, 1.807) is 6.20 Å². The molecule has 1 aromatic rings. The molecule has 0 spiro atoms. The summed E-state index contributed by atoms with van der Waals surface area (Å²) >= 11 is 5.83. The molecule has 2 nitrogen and oxygen atoms in total. The van der Waals surface area contributed by atoms with Gasteiger partial charge in [-0.05, 0) is 18.1 Å². The molecule has 1 aromatic heterocycles. The van der Waals surface area contributed by atoms with Gasteiger partial charge in [-0.1, -0.05) is 31.5 Å². The smallest absolute Gasteiger partial charge is 0.131 e. The van der Waals surface area contributed by atoms with Crippen LogP contribution in [0.5, 0.6) is 0 Å². The fourth-order valence-corrected chi connectivity index (χ4v) is 1.15. The monoisotopic (exact) mass is 198 g/mol. The van der Waals surface area contributed by atoms with Crippen molar-refractivity contribution >= 4 is 11.6 Å². The highest BCUT2D eigenvalue weighted by Gasteiger charge is 2.19. The van der Waals surface area contributed by atoms with Crippen LogP contribution in [-0.4, -0.2) is 11.5 Å². The van der Waals surface area contributed by atoms with Crippen molar-refractivity contribution in [3.05, 3.63) is 28.5 Å². The van der Waals surface area contributed by atoms with Gasteiger partial charge in [-0.25, -0.2) is 4.98 Å². The van der Waals surface area contributed by atoms with Gasteiger partial charge in [0.2, 0.25) is 0 Å². The maximum Gasteiger partial charge on any atom is 0.131 e. The summed E-state index contributed by atoms with van der Waals surface area (Å²) in [6.07, 6.45) is 1.79. The van der Waals surface area contributed by atoms with Crippen LogP contribution in [0.2, 0.25) is 5.15 Å². The SMILES string of the molecule is Cc1cc(C(C)(C)CN)cnc1Cl. The van der Waals surface area contributed by atoms with Crippen molar-refractivity contribution < 1.29 is 0 Å². The van der Waals surface area contributed by atoms with E-state index in [0.717, 1.165) is 11.1 Å². The molecule has 0 amide bonds. The van der Waals surface area contributed by atoms with Crippen molar-refractivity contribution in [2.24, 2.45) is 5.73 Å². The Labute approximate surface area is 84.1 Å². The Kier molecular flexibility index (Phi) is 2.94. The lowest BCUT2D eigenvalue weighted by atomic mass is 9.85. The first-order chi connectivity index (χ1) is 5.97. The van der Waals surface area contributed by atoms with Gasteiger partial charge in [-0.3, -0.25) is 0 Å². The average Bonchev–Trinajstić information content (AvgIpc) is 2.09. The van der Waals surface area contributed by atoms with Crippen molar-refractivity contribution in [3.8, 4) is 0 Å². The lowest BCUT2D eigenvalue weighted by Crippen LogP contribution is -2.28. The second-order valence-electron chi connectivity index (χ2n) is 3.92. The molecule has 13 heavy (non-hydrogen) atoms. The third kappa shape index (κ3) is 2.20. The highest BCUT2D eigenvalue weighted by Crippen LogP contribution is 2.23. The third-order valence-electron chi connectivity index (χ3n) is 2.31. The van der Waals surface area contributed by atoms with Crippen LogP contribution in [-0.2, 0) is 5.41 Å². The van der Waals surface area contributed by atoms with E-state index in [1.165, 1.54) is 0 Å². The molecule has 0 aliphatic carbocycles. The molecule has 0 aliphatic rings. The molecule has 3 heteroatoms. The van der Waals surface area contributed by atoms with Crippen LogP contribution in [0, 0.1) is 6.92 Å². The summed E-state index contributed by atoms with van der Waals surface area (Å²) in [5.41, 5.74) is 7.78. The first-order valence-corrected chi connectivity index (χ1v) is 4.68. The van der Waals surface area contributed by atoms with Crippen LogP contribution >= 0.6 is 11.6 Å². The fraction of sp³-hybridized carbons (Fsp3) is 0.500. The van der Waals surface area contributed by atoms with Crippen LogP contribution in [0.15, 0.2) is 12.3 Å². The molecule has 0 fully saturated rings. The van der Waals surface area contributed by atoms with Crippen LogP contribution in [0.1, 0.15) is 25.0 Å². The van der Waals surface area contributed by atoms with Crippen LogP contribution in [0.25, 0.3) is 0 Å². The Morgan fingerprint density at radius 3 is 2.62 bits per heavy atom. The quantitative estimate of drug-likeness (QED) is 0.741. The van der Waals surface area contributed by atoms with Gasteiger partial charge in [-0.15, -0.1) is 0 Å². The van der Waals surface area contributed by atoms with E-state index in [1.807, 2.05) is 13.0 Å². The minimum Gasteiger partial charge on any atom is -0.330 e. The molecular formula is C10H15ClN2. The van der Waals surface area contributed by atoms with Crippen LogP contribution < -0.4 is 5.73 Å². The van der Waals surface area contributed by atoms with Gasteiger partial charge in [0.1, 0.15) is 5.15 Å².